The summed E-state index contributed by atoms with van der Waals surface area (Å²) in [5, 5.41) is 3.91. The smallest absolute Gasteiger partial charge is 0.0118 e. The zero-order valence-electron chi connectivity index (χ0n) is 12.0. The lowest BCUT2D eigenvalue weighted by Crippen LogP contribution is -2.45. The van der Waals surface area contributed by atoms with Crippen LogP contribution in [0, 0.1) is 23.7 Å². The minimum absolute atomic E-state index is 0.793. The first-order chi connectivity index (χ1) is 8.16. The average Bonchev–Trinajstić information content (AvgIpc) is 2.28. The van der Waals surface area contributed by atoms with E-state index in [1.54, 1.807) is 0 Å². The highest BCUT2D eigenvalue weighted by Crippen LogP contribution is 2.31. The van der Waals surface area contributed by atoms with Gasteiger partial charge in [-0.2, -0.15) is 0 Å². The molecule has 100 valence electrons. The Balaban J connectivity index is 1.76. The Bertz CT molecular complexity index is 216. The molecule has 0 heterocycles. The number of rotatable bonds is 3. The molecule has 17 heavy (non-hydrogen) atoms. The first-order valence-corrected chi connectivity index (χ1v) is 7.90. The maximum absolute atomic E-state index is 3.91. The largest absolute Gasteiger partial charge is 0.313 e. The molecule has 0 aromatic heterocycles. The molecule has 1 N–H and O–H groups in total. The summed E-state index contributed by atoms with van der Waals surface area (Å²) in [5.74, 6) is 3.70. The van der Waals surface area contributed by atoms with Crippen LogP contribution in [-0.2, 0) is 0 Å². The van der Waals surface area contributed by atoms with Gasteiger partial charge in [0.25, 0.3) is 0 Å². The third-order valence-electron chi connectivity index (χ3n) is 5.23. The molecule has 0 bridgehead atoms. The molecule has 2 rings (SSSR count). The van der Waals surface area contributed by atoms with Crippen LogP contribution in [0.15, 0.2) is 0 Å². The Labute approximate surface area is 108 Å². The van der Waals surface area contributed by atoms with Crippen LogP contribution in [0.3, 0.4) is 0 Å². The van der Waals surface area contributed by atoms with Gasteiger partial charge < -0.3 is 5.32 Å². The molecular weight excluding hydrogens is 206 g/mol. The third kappa shape index (κ3) is 3.71. The summed E-state index contributed by atoms with van der Waals surface area (Å²) in [7, 11) is 0. The summed E-state index contributed by atoms with van der Waals surface area (Å²) in [4.78, 5) is 0. The van der Waals surface area contributed by atoms with Gasteiger partial charge in [-0.25, -0.2) is 0 Å². The van der Waals surface area contributed by atoms with E-state index < -0.39 is 0 Å². The molecule has 2 aliphatic carbocycles. The zero-order valence-corrected chi connectivity index (χ0v) is 12.0. The number of hydrogen-bond acceptors (Lipinski definition) is 1. The Kier molecular flexibility index (Phi) is 4.90. The highest BCUT2D eigenvalue weighted by atomic mass is 14.9. The molecule has 2 aliphatic rings. The predicted octanol–water partition coefficient (Wildman–Crippen LogP) is 4.23. The summed E-state index contributed by atoms with van der Waals surface area (Å²) in [6, 6.07) is 0.793. The van der Waals surface area contributed by atoms with Gasteiger partial charge in [-0.3, -0.25) is 0 Å². The van der Waals surface area contributed by atoms with Crippen molar-refractivity contribution in [3.05, 3.63) is 0 Å². The SMILES string of the molecule is CC1CCCC(CNC2C(C)CCCC2C)C1. The van der Waals surface area contributed by atoms with Gasteiger partial charge in [0.05, 0.1) is 0 Å². The lowest BCUT2D eigenvalue weighted by molar-refractivity contribution is 0.186. The average molecular weight is 237 g/mol. The van der Waals surface area contributed by atoms with Gasteiger partial charge in [0.1, 0.15) is 0 Å². The molecule has 0 spiro atoms. The second-order valence-electron chi connectivity index (χ2n) is 6.96. The fourth-order valence-corrected chi connectivity index (χ4v) is 4.13. The highest BCUT2D eigenvalue weighted by Gasteiger charge is 2.28. The quantitative estimate of drug-likeness (QED) is 0.774. The van der Waals surface area contributed by atoms with Gasteiger partial charge >= 0.3 is 0 Å². The molecule has 0 aromatic rings. The predicted molar refractivity (Wildman–Crippen MR) is 75.1 cm³/mol. The highest BCUT2D eigenvalue weighted by molar-refractivity contribution is 4.84. The van der Waals surface area contributed by atoms with Crippen molar-refractivity contribution in [2.45, 2.75) is 71.8 Å². The van der Waals surface area contributed by atoms with E-state index in [0.29, 0.717) is 0 Å². The lowest BCUT2D eigenvalue weighted by atomic mass is 9.77. The van der Waals surface area contributed by atoms with E-state index in [1.165, 1.54) is 51.5 Å². The van der Waals surface area contributed by atoms with Crippen molar-refractivity contribution in [2.75, 3.05) is 6.54 Å². The van der Waals surface area contributed by atoms with Crippen molar-refractivity contribution in [3.8, 4) is 0 Å². The Morgan fingerprint density at radius 2 is 1.53 bits per heavy atom. The summed E-state index contributed by atoms with van der Waals surface area (Å²) >= 11 is 0. The fourth-order valence-electron chi connectivity index (χ4n) is 4.13. The third-order valence-corrected chi connectivity index (χ3v) is 5.23. The van der Waals surface area contributed by atoms with E-state index in [9.17, 15) is 0 Å². The molecule has 0 saturated heterocycles. The number of hydrogen-bond donors (Lipinski definition) is 1. The van der Waals surface area contributed by atoms with Crippen LogP contribution < -0.4 is 5.32 Å². The Hall–Kier alpha value is -0.0400. The van der Waals surface area contributed by atoms with Gasteiger partial charge in [-0.1, -0.05) is 40.0 Å². The van der Waals surface area contributed by atoms with Crippen LogP contribution in [-0.4, -0.2) is 12.6 Å². The lowest BCUT2D eigenvalue weighted by Gasteiger charge is -2.37. The van der Waals surface area contributed by atoms with Crippen molar-refractivity contribution in [1.82, 2.24) is 5.32 Å². The maximum atomic E-state index is 3.91. The zero-order chi connectivity index (χ0) is 12.3. The minimum atomic E-state index is 0.793. The molecule has 0 aromatic carbocycles. The minimum Gasteiger partial charge on any atom is -0.313 e. The molecule has 0 radical (unpaired) electrons. The Morgan fingerprint density at radius 1 is 0.882 bits per heavy atom. The van der Waals surface area contributed by atoms with E-state index in [1.807, 2.05) is 0 Å². The molecule has 1 nitrogen and oxygen atoms in total. The van der Waals surface area contributed by atoms with Crippen LogP contribution in [0.4, 0.5) is 0 Å². The van der Waals surface area contributed by atoms with E-state index >= 15 is 0 Å². The first kappa shape index (κ1) is 13.4. The van der Waals surface area contributed by atoms with Gasteiger partial charge in [0.15, 0.2) is 0 Å². The van der Waals surface area contributed by atoms with Crippen LogP contribution in [0.2, 0.25) is 0 Å². The fraction of sp³-hybridized carbons (Fsp3) is 1.00. The summed E-state index contributed by atoms with van der Waals surface area (Å²) < 4.78 is 0. The molecule has 0 aliphatic heterocycles. The van der Waals surface area contributed by atoms with Crippen molar-refractivity contribution in [3.63, 3.8) is 0 Å². The normalized spacial score (nSPS) is 43.6. The number of nitrogens with one attached hydrogen (secondary N) is 1. The summed E-state index contributed by atoms with van der Waals surface area (Å²) in [6.45, 7) is 8.59. The first-order valence-electron chi connectivity index (χ1n) is 7.90. The van der Waals surface area contributed by atoms with Gasteiger partial charge in [0, 0.05) is 6.04 Å². The maximum Gasteiger partial charge on any atom is 0.0118 e. The van der Waals surface area contributed by atoms with Gasteiger partial charge in [0.2, 0.25) is 0 Å². The van der Waals surface area contributed by atoms with E-state index in [0.717, 1.165) is 29.7 Å². The molecule has 2 fully saturated rings. The van der Waals surface area contributed by atoms with E-state index in [2.05, 4.69) is 26.1 Å². The van der Waals surface area contributed by atoms with Crippen molar-refractivity contribution in [1.29, 1.82) is 0 Å². The monoisotopic (exact) mass is 237 g/mol. The summed E-state index contributed by atoms with van der Waals surface area (Å²) in [6.07, 6.45) is 10.2. The topological polar surface area (TPSA) is 12.0 Å². The van der Waals surface area contributed by atoms with Crippen molar-refractivity contribution >= 4 is 0 Å². The standard InChI is InChI=1S/C16H31N/c1-12-6-4-9-15(10-12)11-17-16-13(2)7-5-8-14(16)3/h12-17H,4-11H2,1-3H3. The second kappa shape index (κ2) is 6.22. The second-order valence-corrected chi connectivity index (χ2v) is 6.96. The molecule has 2 saturated carbocycles. The Morgan fingerprint density at radius 3 is 2.18 bits per heavy atom. The van der Waals surface area contributed by atoms with Crippen LogP contribution in [0.25, 0.3) is 0 Å². The molecule has 0 amide bonds. The van der Waals surface area contributed by atoms with Crippen LogP contribution >= 0.6 is 0 Å². The molecule has 1 heteroatoms. The summed E-state index contributed by atoms with van der Waals surface area (Å²) in [5.41, 5.74) is 0. The van der Waals surface area contributed by atoms with E-state index in [4.69, 9.17) is 0 Å². The van der Waals surface area contributed by atoms with Crippen molar-refractivity contribution in [2.24, 2.45) is 23.7 Å². The van der Waals surface area contributed by atoms with Crippen LogP contribution in [0.1, 0.15) is 65.7 Å². The molecular formula is C16H31N. The molecule has 4 unspecified atom stereocenters. The van der Waals surface area contributed by atoms with E-state index in [-0.39, 0.29) is 0 Å². The molecule has 4 atom stereocenters. The van der Waals surface area contributed by atoms with Gasteiger partial charge in [-0.05, 0) is 55.9 Å². The van der Waals surface area contributed by atoms with Crippen LogP contribution in [0.5, 0.6) is 0 Å². The van der Waals surface area contributed by atoms with Crippen molar-refractivity contribution < 1.29 is 0 Å². The van der Waals surface area contributed by atoms with Gasteiger partial charge in [-0.15, -0.1) is 0 Å².